The zero-order valence-electron chi connectivity index (χ0n) is 8.05. The Bertz CT molecular complexity index is 255. The molecule has 1 heterocycles. The van der Waals surface area contributed by atoms with E-state index in [4.69, 9.17) is 0 Å². The van der Waals surface area contributed by atoms with Crippen molar-refractivity contribution in [3.05, 3.63) is 28.7 Å². The molecule has 0 bridgehead atoms. The number of aryl methyl sites for hydroxylation is 1. The summed E-state index contributed by atoms with van der Waals surface area (Å²) in [7, 11) is 0. The lowest BCUT2D eigenvalue weighted by Gasteiger charge is -1.99. The van der Waals surface area contributed by atoms with Gasteiger partial charge in [0.1, 0.15) is 5.01 Å². The van der Waals surface area contributed by atoms with E-state index in [-0.39, 0.29) is 0 Å². The Morgan fingerprint density at radius 3 is 3.15 bits per heavy atom. The molecule has 0 amide bonds. The molecule has 0 atom stereocenters. The first-order valence-corrected chi connectivity index (χ1v) is 5.43. The number of hydrogen-bond donors (Lipinski definition) is 1. The van der Waals surface area contributed by atoms with Crippen LogP contribution in [-0.4, -0.2) is 11.5 Å². The smallest absolute Gasteiger partial charge is 0.107 e. The number of nitrogens with one attached hydrogen (secondary N) is 1. The van der Waals surface area contributed by atoms with Crippen molar-refractivity contribution >= 4 is 11.3 Å². The number of unbranched alkanes of at least 4 members (excludes halogenated alkanes) is 1. The third-order valence-corrected chi connectivity index (χ3v) is 2.67. The molecule has 0 aromatic carbocycles. The van der Waals surface area contributed by atoms with Crippen molar-refractivity contribution in [2.24, 2.45) is 0 Å². The maximum atomic E-state index is 4.36. The molecule has 0 spiro atoms. The maximum Gasteiger partial charge on any atom is 0.107 e. The number of thiazole rings is 1. The first-order valence-electron chi connectivity index (χ1n) is 4.55. The van der Waals surface area contributed by atoms with Gasteiger partial charge in [-0.15, -0.1) is 17.9 Å². The predicted molar refractivity (Wildman–Crippen MR) is 58.0 cm³/mol. The molecule has 0 aliphatic carbocycles. The van der Waals surface area contributed by atoms with Gasteiger partial charge in [0.05, 0.1) is 0 Å². The number of aromatic nitrogens is 1. The average Bonchev–Trinajstić information content (AvgIpc) is 2.51. The van der Waals surface area contributed by atoms with E-state index in [2.05, 4.69) is 22.3 Å². The lowest BCUT2D eigenvalue weighted by atomic mass is 10.3. The van der Waals surface area contributed by atoms with Crippen LogP contribution in [0.15, 0.2) is 18.0 Å². The molecule has 13 heavy (non-hydrogen) atoms. The Kier molecular flexibility index (Phi) is 4.72. The van der Waals surface area contributed by atoms with Gasteiger partial charge in [-0.2, -0.15) is 0 Å². The van der Waals surface area contributed by atoms with Gasteiger partial charge in [-0.25, -0.2) is 4.98 Å². The van der Waals surface area contributed by atoms with Gasteiger partial charge in [-0.05, 0) is 26.3 Å². The first kappa shape index (κ1) is 10.4. The lowest BCUT2D eigenvalue weighted by molar-refractivity contribution is 0.652. The summed E-state index contributed by atoms with van der Waals surface area (Å²) in [6.07, 6.45) is 4.20. The first-order chi connectivity index (χ1) is 6.33. The second kappa shape index (κ2) is 5.89. The molecule has 0 fully saturated rings. The molecule has 1 aromatic rings. The van der Waals surface area contributed by atoms with Gasteiger partial charge in [-0.3, -0.25) is 0 Å². The van der Waals surface area contributed by atoms with E-state index in [0.717, 1.165) is 31.6 Å². The van der Waals surface area contributed by atoms with Crippen molar-refractivity contribution in [3.8, 4) is 0 Å². The van der Waals surface area contributed by atoms with Gasteiger partial charge in [0.2, 0.25) is 0 Å². The molecular weight excluding hydrogens is 180 g/mol. The molecule has 3 heteroatoms. The molecule has 1 rings (SSSR count). The van der Waals surface area contributed by atoms with Crippen LogP contribution in [0.25, 0.3) is 0 Å². The highest BCUT2D eigenvalue weighted by molar-refractivity contribution is 7.09. The molecular formula is C10H16N2S. The van der Waals surface area contributed by atoms with Crippen LogP contribution in [0.3, 0.4) is 0 Å². The number of nitrogens with zero attached hydrogens (tertiary/aromatic N) is 1. The minimum atomic E-state index is 0.898. The predicted octanol–water partition coefficient (Wildman–Crippen LogP) is 2.51. The fourth-order valence-electron chi connectivity index (χ4n) is 1.05. The largest absolute Gasteiger partial charge is 0.310 e. The van der Waals surface area contributed by atoms with E-state index in [1.165, 1.54) is 5.01 Å². The van der Waals surface area contributed by atoms with E-state index in [0.29, 0.717) is 0 Å². The van der Waals surface area contributed by atoms with Gasteiger partial charge in [0.25, 0.3) is 0 Å². The minimum absolute atomic E-state index is 0.898. The molecule has 1 aromatic heterocycles. The molecule has 0 radical (unpaired) electrons. The van der Waals surface area contributed by atoms with Crippen molar-refractivity contribution in [1.82, 2.24) is 10.3 Å². The molecule has 1 N–H and O–H groups in total. The highest BCUT2D eigenvalue weighted by Crippen LogP contribution is 2.07. The van der Waals surface area contributed by atoms with Gasteiger partial charge >= 0.3 is 0 Å². The number of allylic oxidation sites excluding steroid dienone is 1. The number of rotatable bonds is 6. The summed E-state index contributed by atoms with van der Waals surface area (Å²) in [5.41, 5.74) is 1.12. The van der Waals surface area contributed by atoms with E-state index >= 15 is 0 Å². The third kappa shape index (κ3) is 4.20. The molecule has 0 saturated heterocycles. The second-order valence-corrected chi connectivity index (χ2v) is 3.93. The van der Waals surface area contributed by atoms with Crippen molar-refractivity contribution in [1.29, 1.82) is 0 Å². The molecule has 0 saturated carbocycles. The minimum Gasteiger partial charge on any atom is -0.310 e. The van der Waals surface area contributed by atoms with Crippen LogP contribution >= 0.6 is 11.3 Å². The van der Waals surface area contributed by atoms with Crippen molar-refractivity contribution in [2.45, 2.75) is 26.3 Å². The fourth-order valence-corrected chi connectivity index (χ4v) is 1.79. The van der Waals surface area contributed by atoms with E-state index in [9.17, 15) is 0 Å². The maximum absolute atomic E-state index is 4.36. The average molecular weight is 196 g/mol. The topological polar surface area (TPSA) is 24.9 Å². The third-order valence-electron chi connectivity index (χ3n) is 1.70. The highest BCUT2D eigenvalue weighted by Gasteiger charge is 1.96. The van der Waals surface area contributed by atoms with Crippen LogP contribution in [0.4, 0.5) is 0 Å². The Balaban J connectivity index is 2.09. The second-order valence-electron chi connectivity index (χ2n) is 2.99. The van der Waals surface area contributed by atoms with E-state index in [1.807, 2.05) is 13.0 Å². The highest BCUT2D eigenvalue weighted by atomic mass is 32.1. The van der Waals surface area contributed by atoms with Crippen molar-refractivity contribution in [2.75, 3.05) is 6.54 Å². The monoisotopic (exact) mass is 196 g/mol. The summed E-state index contributed by atoms with van der Waals surface area (Å²) in [4.78, 5) is 4.36. The van der Waals surface area contributed by atoms with Crippen LogP contribution in [0.5, 0.6) is 0 Å². The standard InChI is InChI=1S/C10H16N2S/c1-3-4-5-6-11-7-10-12-9(2)8-13-10/h3,8,11H,1,4-7H2,2H3. The van der Waals surface area contributed by atoms with Crippen LogP contribution in [0.1, 0.15) is 23.5 Å². The van der Waals surface area contributed by atoms with Gasteiger partial charge < -0.3 is 5.32 Å². The summed E-state index contributed by atoms with van der Waals surface area (Å²) in [5, 5.41) is 6.61. The SMILES string of the molecule is C=CCCCNCc1nc(C)cs1. The van der Waals surface area contributed by atoms with Crippen molar-refractivity contribution < 1.29 is 0 Å². The summed E-state index contributed by atoms with van der Waals surface area (Å²) in [6.45, 7) is 7.65. The zero-order valence-corrected chi connectivity index (χ0v) is 8.86. The molecule has 72 valence electrons. The Morgan fingerprint density at radius 1 is 1.69 bits per heavy atom. The van der Waals surface area contributed by atoms with Gasteiger partial charge in [-0.1, -0.05) is 6.08 Å². The van der Waals surface area contributed by atoms with Crippen LogP contribution in [0.2, 0.25) is 0 Å². The lowest BCUT2D eigenvalue weighted by Crippen LogP contribution is -2.14. The molecule has 0 unspecified atom stereocenters. The Labute approximate surface area is 83.7 Å². The quantitative estimate of drug-likeness (QED) is 0.558. The van der Waals surface area contributed by atoms with Gasteiger partial charge in [0.15, 0.2) is 0 Å². The van der Waals surface area contributed by atoms with Crippen LogP contribution < -0.4 is 5.32 Å². The van der Waals surface area contributed by atoms with E-state index in [1.54, 1.807) is 11.3 Å². The number of hydrogen-bond acceptors (Lipinski definition) is 3. The molecule has 2 nitrogen and oxygen atoms in total. The fraction of sp³-hybridized carbons (Fsp3) is 0.500. The van der Waals surface area contributed by atoms with Gasteiger partial charge in [0, 0.05) is 17.6 Å². The normalized spacial score (nSPS) is 10.2. The molecule has 0 aliphatic rings. The summed E-state index contributed by atoms with van der Waals surface area (Å²) in [6, 6.07) is 0. The van der Waals surface area contributed by atoms with Crippen LogP contribution in [-0.2, 0) is 6.54 Å². The Hall–Kier alpha value is -0.670. The van der Waals surface area contributed by atoms with E-state index < -0.39 is 0 Å². The molecule has 0 aliphatic heterocycles. The Morgan fingerprint density at radius 2 is 2.54 bits per heavy atom. The summed E-state index contributed by atoms with van der Waals surface area (Å²) in [5.74, 6) is 0. The van der Waals surface area contributed by atoms with Crippen molar-refractivity contribution in [3.63, 3.8) is 0 Å². The summed E-state index contributed by atoms with van der Waals surface area (Å²) >= 11 is 1.72. The summed E-state index contributed by atoms with van der Waals surface area (Å²) < 4.78 is 0. The zero-order chi connectivity index (χ0) is 9.52. The van der Waals surface area contributed by atoms with Crippen LogP contribution in [0, 0.1) is 6.92 Å².